The smallest absolute Gasteiger partial charge is 0.256 e. The molecule has 2 aliphatic rings. The molecule has 0 spiro atoms. The molecule has 162 valence electrons. The average Bonchev–Trinajstić information content (AvgIpc) is 3.40. The summed E-state index contributed by atoms with van der Waals surface area (Å²) >= 11 is 0. The van der Waals surface area contributed by atoms with Crippen molar-refractivity contribution in [2.45, 2.75) is 40.0 Å². The van der Waals surface area contributed by atoms with Gasteiger partial charge in [-0.25, -0.2) is 0 Å². The van der Waals surface area contributed by atoms with E-state index in [1.54, 1.807) is 11.0 Å². The normalized spacial score (nSPS) is 18.5. The fraction of sp³-hybridized carbons (Fsp3) is 0.400. The van der Waals surface area contributed by atoms with Gasteiger partial charge in [-0.3, -0.25) is 14.4 Å². The van der Waals surface area contributed by atoms with Crippen LogP contribution in [0.1, 0.15) is 46.3 Å². The number of carbonyl (C=O) groups excluding carboxylic acids is 3. The number of carbonyl (C=O) groups is 3. The van der Waals surface area contributed by atoms with Crippen LogP contribution in [0.2, 0.25) is 0 Å². The molecule has 2 fully saturated rings. The number of amides is 3. The number of hydrogen-bond donors (Lipinski definition) is 1. The second-order valence-corrected chi connectivity index (χ2v) is 8.59. The van der Waals surface area contributed by atoms with Crippen LogP contribution in [0.5, 0.6) is 0 Å². The molecule has 6 heteroatoms. The molecule has 2 aliphatic heterocycles. The van der Waals surface area contributed by atoms with Gasteiger partial charge in [0.2, 0.25) is 11.8 Å². The van der Waals surface area contributed by atoms with E-state index in [2.05, 4.69) is 5.32 Å². The maximum absolute atomic E-state index is 13.1. The van der Waals surface area contributed by atoms with Crippen LogP contribution >= 0.6 is 0 Å². The van der Waals surface area contributed by atoms with E-state index < -0.39 is 5.92 Å². The lowest BCUT2D eigenvalue weighted by Crippen LogP contribution is -2.34. The van der Waals surface area contributed by atoms with Gasteiger partial charge in [-0.05, 0) is 74.9 Å². The lowest BCUT2D eigenvalue weighted by molar-refractivity contribution is -0.129. The van der Waals surface area contributed by atoms with Gasteiger partial charge in [0.15, 0.2) is 0 Å². The second kappa shape index (κ2) is 8.53. The molecule has 1 N–H and O–H groups in total. The first-order valence-corrected chi connectivity index (χ1v) is 10.9. The van der Waals surface area contributed by atoms with Crippen LogP contribution in [0.3, 0.4) is 0 Å². The van der Waals surface area contributed by atoms with Crippen molar-refractivity contribution in [3.05, 3.63) is 58.7 Å². The lowest BCUT2D eigenvalue weighted by Gasteiger charge is -2.21. The Morgan fingerprint density at radius 2 is 1.68 bits per heavy atom. The number of nitrogens with zero attached hydrogens (tertiary/aromatic N) is 2. The van der Waals surface area contributed by atoms with Crippen molar-refractivity contribution < 1.29 is 14.4 Å². The monoisotopic (exact) mass is 419 g/mol. The molecule has 4 rings (SSSR count). The standard InChI is InChI=1S/C25H29N3O3/c1-16-9-10-19(15-18(16)3)28-14-11-20(24(28)30)23(29)26-21-8-6-7-17(2)22(21)25(31)27-12-4-5-13-27/h6-10,15,20H,4-5,11-14H2,1-3H3,(H,26,29). The van der Waals surface area contributed by atoms with Crippen LogP contribution in [-0.2, 0) is 9.59 Å². The minimum atomic E-state index is -0.753. The highest BCUT2D eigenvalue weighted by Crippen LogP contribution is 2.29. The lowest BCUT2D eigenvalue weighted by atomic mass is 10.0. The fourth-order valence-electron chi connectivity index (χ4n) is 4.43. The van der Waals surface area contributed by atoms with Gasteiger partial charge in [-0.1, -0.05) is 18.2 Å². The van der Waals surface area contributed by atoms with Gasteiger partial charge in [0.25, 0.3) is 5.91 Å². The number of aryl methyl sites for hydroxylation is 3. The van der Waals surface area contributed by atoms with E-state index in [-0.39, 0.29) is 17.7 Å². The summed E-state index contributed by atoms with van der Waals surface area (Å²) in [6, 6.07) is 11.3. The Hall–Kier alpha value is -3.15. The predicted octanol–water partition coefficient (Wildman–Crippen LogP) is 3.84. The Labute approximate surface area is 183 Å². The third-order valence-electron chi connectivity index (χ3n) is 6.46. The molecule has 31 heavy (non-hydrogen) atoms. The average molecular weight is 420 g/mol. The zero-order chi connectivity index (χ0) is 22.1. The zero-order valence-electron chi connectivity index (χ0n) is 18.4. The van der Waals surface area contributed by atoms with E-state index in [1.165, 1.54) is 5.56 Å². The van der Waals surface area contributed by atoms with E-state index >= 15 is 0 Å². The molecule has 0 bridgehead atoms. The fourth-order valence-corrected chi connectivity index (χ4v) is 4.43. The number of rotatable bonds is 4. The van der Waals surface area contributed by atoms with Crippen molar-refractivity contribution in [1.82, 2.24) is 4.90 Å². The number of nitrogens with one attached hydrogen (secondary N) is 1. The first kappa shape index (κ1) is 21.1. The van der Waals surface area contributed by atoms with Gasteiger partial charge in [-0.15, -0.1) is 0 Å². The SMILES string of the molecule is Cc1ccc(N2CCC(C(=O)Nc3cccc(C)c3C(=O)N3CCCC3)C2=O)cc1C. The van der Waals surface area contributed by atoms with Gasteiger partial charge >= 0.3 is 0 Å². The summed E-state index contributed by atoms with van der Waals surface area (Å²) in [7, 11) is 0. The Morgan fingerprint density at radius 3 is 2.39 bits per heavy atom. The molecule has 3 amide bonds. The summed E-state index contributed by atoms with van der Waals surface area (Å²) in [5.41, 5.74) is 4.93. The van der Waals surface area contributed by atoms with Crippen LogP contribution < -0.4 is 10.2 Å². The van der Waals surface area contributed by atoms with Gasteiger partial charge in [0, 0.05) is 25.3 Å². The summed E-state index contributed by atoms with van der Waals surface area (Å²) in [6.07, 6.45) is 2.47. The first-order valence-electron chi connectivity index (χ1n) is 10.9. The number of likely N-dealkylation sites (tertiary alicyclic amines) is 1. The zero-order valence-corrected chi connectivity index (χ0v) is 18.4. The molecule has 2 aromatic carbocycles. The Morgan fingerprint density at radius 1 is 0.935 bits per heavy atom. The molecule has 0 aliphatic carbocycles. The number of benzene rings is 2. The largest absolute Gasteiger partial charge is 0.339 e. The quantitative estimate of drug-likeness (QED) is 0.766. The van der Waals surface area contributed by atoms with Crippen molar-refractivity contribution >= 4 is 29.1 Å². The number of anilines is 2. The highest BCUT2D eigenvalue weighted by Gasteiger charge is 2.38. The molecule has 0 radical (unpaired) electrons. The third kappa shape index (κ3) is 4.07. The Balaban J connectivity index is 1.52. The van der Waals surface area contributed by atoms with Gasteiger partial charge in [0.05, 0.1) is 11.3 Å². The van der Waals surface area contributed by atoms with Gasteiger partial charge in [0.1, 0.15) is 5.92 Å². The molecule has 6 nitrogen and oxygen atoms in total. The van der Waals surface area contributed by atoms with E-state index in [0.717, 1.165) is 42.7 Å². The molecular weight excluding hydrogens is 390 g/mol. The van der Waals surface area contributed by atoms with Crippen LogP contribution in [0.4, 0.5) is 11.4 Å². The van der Waals surface area contributed by atoms with Crippen LogP contribution in [0.25, 0.3) is 0 Å². The highest BCUT2D eigenvalue weighted by molar-refractivity contribution is 6.15. The van der Waals surface area contributed by atoms with E-state index in [1.807, 2.05) is 56.0 Å². The van der Waals surface area contributed by atoms with Gasteiger partial charge < -0.3 is 15.1 Å². The number of hydrogen-bond acceptors (Lipinski definition) is 3. The van der Waals surface area contributed by atoms with Crippen molar-refractivity contribution in [3.8, 4) is 0 Å². The molecule has 1 atom stereocenters. The Kier molecular flexibility index (Phi) is 5.81. The highest BCUT2D eigenvalue weighted by atomic mass is 16.2. The van der Waals surface area contributed by atoms with Crippen molar-refractivity contribution in [2.24, 2.45) is 5.92 Å². The summed E-state index contributed by atoms with van der Waals surface area (Å²) in [5, 5.41) is 2.89. The molecule has 2 heterocycles. The van der Waals surface area contributed by atoms with Crippen molar-refractivity contribution in [2.75, 3.05) is 29.9 Å². The molecule has 0 aromatic heterocycles. The maximum atomic E-state index is 13.1. The summed E-state index contributed by atoms with van der Waals surface area (Å²) < 4.78 is 0. The van der Waals surface area contributed by atoms with Crippen LogP contribution in [0, 0.1) is 26.7 Å². The minimum absolute atomic E-state index is 0.0552. The topological polar surface area (TPSA) is 69.7 Å². The molecule has 0 saturated carbocycles. The molecule has 2 aromatic rings. The van der Waals surface area contributed by atoms with Crippen LogP contribution in [0.15, 0.2) is 36.4 Å². The molecule has 2 saturated heterocycles. The molecular formula is C25H29N3O3. The van der Waals surface area contributed by atoms with Crippen molar-refractivity contribution in [1.29, 1.82) is 0 Å². The van der Waals surface area contributed by atoms with Crippen molar-refractivity contribution in [3.63, 3.8) is 0 Å². The summed E-state index contributed by atoms with van der Waals surface area (Å²) in [5.74, 6) is -1.35. The molecule has 1 unspecified atom stereocenters. The minimum Gasteiger partial charge on any atom is -0.339 e. The third-order valence-corrected chi connectivity index (χ3v) is 6.46. The van der Waals surface area contributed by atoms with E-state index in [9.17, 15) is 14.4 Å². The predicted molar refractivity (Wildman–Crippen MR) is 121 cm³/mol. The van der Waals surface area contributed by atoms with E-state index in [0.29, 0.717) is 24.2 Å². The summed E-state index contributed by atoms with van der Waals surface area (Å²) in [4.78, 5) is 42.6. The van der Waals surface area contributed by atoms with E-state index in [4.69, 9.17) is 0 Å². The first-order chi connectivity index (χ1) is 14.9. The summed E-state index contributed by atoms with van der Waals surface area (Å²) in [6.45, 7) is 7.91. The second-order valence-electron chi connectivity index (χ2n) is 8.59. The van der Waals surface area contributed by atoms with Gasteiger partial charge in [-0.2, -0.15) is 0 Å². The Bertz CT molecular complexity index is 1040. The maximum Gasteiger partial charge on any atom is 0.256 e. The van der Waals surface area contributed by atoms with Crippen LogP contribution in [-0.4, -0.2) is 42.3 Å².